The number of fused-ring (bicyclic) bond motifs is 1. The molecule has 5 heteroatoms. The Hall–Kier alpha value is -2.63. The Morgan fingerprint density at radius 1 is 0.971 bits per heavy atom. The Balaban J connectivity index is 1.34. The van der Waals surface area contributed by atoms with Crippen LogP contribution in [0.5, 0.6) is 23.0 Å². The molecule has 0 radical (unpaired) electrons. The van der Waals surface area contributed by atoms with E-state index in [0.29, 0.717) is 11.9 Å². The lowest BCUT2D eigenvalue weighted by atomic mass is 9.91. The molecule has 4 nitrogen and oxygen atoms in total. The van der Waals surface area contributed by atoms with Crippen molar-refractivity contribution >= 4 is 28.1 Å². The second-order valence-electron chi connectivity index (χ2n) is 9.53. The molecule has 1 unspecified atom stereocenters. The highest BCUT2D eigenvalue weighted by Gasteiger charge is 2.19. The topological polar surface area (TPSA) is 41.9 Å². The van der Waals surface area contributed by atoms with Crippen molar-refractivity contribution in [3.05, 3.63) is 66.2 Å². The Bertz CT molecular complexity index is 1170. The molecule has 3 aromatic rings. The third-order valence-electron chi connectivity index (χ3n) is 7.16. The first-order valence-electron chi connectivity index (χ1n) is 12.8. The SMILES string of the molecule is CSC1CC=C(c2ccc3cc(O)ccc3c2Oc2ccc(OCCN3CCCCC3)cc2)CC1. The predicted octanol–water partition coefficient (Wildman–Crippen LogP) is 7.50. The highest BCUT2D eigenvalue weighted by molar-refractivity contribution is 7.99. The van der Waals surface area contributed by atoms with Gasteiger partial charge in [-0.25, -0.2) is 0 Å². The highest BCUT2D eigenvalue weighted by atomic mass is 32.2. The lowest BCUT2D eigenvalue weighted by molar-refractivity contribution is 0.183. The maximum Gasteiger partial charge on any atom is 0.142 e. The molecule has 3 aromatic carbocycles. The Morgan fingerprint density at radius 3 is 2.51 bits per heavy atom. The van der Waals surface area contributed by atoms with E-state index in [9.17, 15) is 5.11 Å². The Morgan fingerprint density at radius 2 is 1.77 bits per heavy atom. The van der Waals surface area contributed by atoms with E-state index in [1.54, 1.807) is 12.1 Å². The van der Waals surface area contributed by atoms with Gasteiger partial charge in [-0.3, -0.25) is 4.90 Å². The van der Waals surface area contributed by atoms with Crippen molar-refractivity contribution in [3.63, 3.8) is 0 Å². The molecule has 1 heterocycles. The van der Waals surface area contributed by atoms with Gasteiger partial charge in [-0.15, -0.1) is 0 Å². The van der Waals surface area contributed by atoms with Gasteiger partial charge in [0.05, 0.1) is 0 Å². The van der Waals surface area contributed by atoms with Crippen molar-refractivity contribution in [1.82, 2.24) is 4.90 Å². The number of rotatable bonds is 8. The van der Waals surface area contributed by atoms with Crippen LogP contribution in [0.3, 0.4) is 0 Å². The zero-order chi connectivity index (χ0) is 24.0. The molecule has 1 aliphatic carbocycles. The summed E-state index contributed by atoms with van der Waals surface area (Å²) >= 11 is 1.95. The maximum absolute atomic E-state index is 10.00. The average molecular weight is 490 g/mol. The van der Waals surface area contributed by atoms with E-state index in [-0.39, 0.29) is 5.75 Å². The van der Waals surface area contributed by atoms with Crippen molar-refractivity contribution in [2.24, 2.45) is 0 Å². The van der Waals surface area contributed by atoms with Gasteiger partial charge in [-0.05, 0) is 105 Å². The number of nitrogens with zero attached hydrogens (tertiary/aromatic N) is 1. The van der Waals surface area contributed by atoms with Crippen molar-refractivity contribution in [1.29, 1.82) is 0 Å². The number of phenols is 1. The molecule has 1 fully saturated rings. The van der Waals surface area contributed by atoms with Gasteiger partial charge in [0.1, 0.15) is 29.6 Å². The molecule has 1 N–H and O–H groups in total. The van der Waals surface area contributed by atoms with Gasteiger partial charge in [0.2, 0.25) is 0 Å². The van der Waals surface area contributed by atoms with Gasteiger partial charge in [-0.2, -0.15) is 11.8 Å². The number of aromatic hydroxyl groups is 1. The van der Waals surface area contributed by atoms with Gasteiger partial charge < -0.3 is 14.6 Å². The predicted molar refractivity (Wildman–Crippen MR) is 147 cm³/mol. The minimum Gasteiger partial charge on any atom is -0.508 e. The summed E-state index contributed by atoms with van der Waals surface area (Å²) in [4.78, 5) is 2.49. The number of piperidine rings is 1. The first kappa shape index (κ1) is 24.1. The monoisotopic (exact) mass is 489 g/mol. The third kappa shape index (κ3) is 5.96. The zero-order valence-electron chi connectivity index (χ0n) is 20.5. The number of benzene rings is 3. The Kier molecular flexibility index (Phi) is 7.85. The van der Waals surface area contributed by atoms with Gasteiger partial charge in [0.25, 0.3) is 0 Å². The molecule has 0 saturated carbocycles. The zero-order valence-corrected chi connectivity index (χ0v) is 21.4. The normalized spacial score (nSPS) is 18.9. The van der Waals surface area contributed by atoms with E-state index in [1.807, 2.05) is 42.1 Å². The van der Waals surface area contributed by atoms with Gasteiger partial charge in [0, 0.05) is 22.7 Å². The van der Waals surface area contributed by atoms with Crippen LogP contribution in [-0.4, -0.2) is 47.8 Å². The fourth-order valence-electron chi connectivity index (χ4n) is 5.12. The second-order valence-corrected chi connectivity index (χ2v) is 10.7. The van der Waals surface area contributed by atoms with E-state index in [0.717, 1.165) is 53.0 Å². The largest absolute Gasteiger partial charge is 0.508 e. The number of ether oxygens (including phenoxy) is 2. The first-order chi connectivity index (χ1) is 17.2. The number of likely N-dealkylation sites (tertiary alicyclic amines) is 1. The minimum atomic E-state index is 0.266. The molecule has 1 aliphatic heterocycles. The summed E-state index contributed by atoms with van der Waals surface area (Å²) in [5, 5.41) is 12.7. The van der Waals surface area contributed by atoms with Crippen molar-refractivity contribution in [2.45, 2.75) is 43.8 Å². The van der Waals surface area contributed by atoms with Crippen LogP contribution in [0.4, 0.5) is 0 Å². The van der Waals surface area contributed by atoms with Gasteiger partial charge in [0.15, 0.2) is 0 Å². The van der Waals surface area contributed by atoms with Crippen LogP contribution in [0.15, 0.2) is 60.7 Å². The maximum atomic E-state index is 10.00. The average Bonchev–Trinajstić information content (AvgIpc) is 2.90. The molecular weight excluding hydrogens is 454 g/mol. The van der Waals surface area contributed by atoms with Crippen molar-refractivity contribution in [2.75, 3.05) is 32.5 Å². The number of hydrogen-bond donors (Lipinski definition) is 1. The molecule has 5 rings (SSSR count). The Labute approximate surface area is 212 Å². The van der Waals surface area contributed by atoms with Crippen LogP contribution in [0.25, 0.3) is 16.3 Å². The number of hydrogen-bond acceptors (Lipinski definition) is 5. The quantitative estimate of drug-likeness (QED) is 0.355. The summed E-state index contributed by atoms with van der Waals surface area (Å²) in [6.45, 7) is 4.07. The summed E-state index contributed by atoms with van der Waals surface area (Å²) in [7, 11) is 0. The first-order valence-corrected chi connectivity index (χ1v) is 14.1. The summed E-state index contributed by atoms with van der Waals surface area (Å²) in [5.41, 5.74) is 2.49. The van der Waals surface area contributed by atoms with Crippen LogP contribution in [0, 0.1) is 0 Å². The molecule has 1 atom stereocenters. The van der Waals surface area contributed by atoms with E-state index in [2.05, 4.69) is 29.4 Å². The van der Waals surface area contributed by atoms with E-state index in [1.165, 1.54) is 44.3 Å². The van der Waals surface area contributed by atoms with Crippen LogP contribution in [-0.2, 0) is 0 Å². The lowest BCUT2D eigenvalue weighted by Crippen LogP contribution is -2.33. The molecule has 1 saturated heterocycles. The van der Waals surface area contributed by atoms with Gasteiger partial charge in [-0.1, -0.05) is 24.6 Å². The minimum absolute atomic E-state index is 0.266. The van der Waals surface area contributed by atoms with E-state index in [4.69, 9.17) is 9.47 Å². The van der Waals surface area contributed by atoms with E-state index >= 15 is 0 Å². The molecular formula is C30H35NO3S. The number of allylic oxidation sites excluding steroid dienone is 2. The number of thioether (sulfide) groups is 1. The standard InChI is InChI=1S/C30H35NO3S/c1-35-27-13-5-22(6-14-27)28-15-7-23-21-24(32)8-16-29(23)30(28)34-26-11-9-25(10-12-26)33-20-19-31-17-3-2-4-18-31/h5,7-12,15-16,21,27,32H,2-4,6,13-14,17-20H2,1H3. The van der Waals surface area contributed by atoms with Crippen molar-refractivity contribution in [3.8, 4) is 23.0 Å². The smallest absolute Gasteiger partial charge is 0.142 e. The van der Waals surface area contributed by atoms with Crippen LogP contribution in [0.1, 0.15) is 44.1 Å². The van der Waals surface area contributed by atoms with E-state index < -0.39 is 0 Å². The second kappa shape index (κ2) is 11.4. The molecule has 0 aromatic heterocycles. The fraction of sp³-hybridized carbons (Fsp3) is 0.400. The molecule has 0 bridgehead atoms. The molecule has 0 spiro atoms. The molecule has 35 heavy (non-hydrogen) atoms. The molecule has 184 valence electrons. The molecule has 2 aliphatic rings. The van der Waals surface area contributed by atoms with Crippen LogP contribution < -0.4 is 9.47 Å². The molecule has 0 amide bonds. The van der Waals surface area contributed by atoms with Crippen molar-refractivity contribution < 1.29 is 14.6 Å². The highest BCUT2D eigenvalue weighted by Crippen LogP contribution is 2.42. The summed E-state index contributed by atoms with van der Waals surface area (Å²) in [6.07, 6.45) is 11.9. The summed E-state index contributed by atoms with van der Waals surface area (Å²) in [6, 6.07) is 17.7. The van der Waals surface area contributed by atoms with Crippen LogP contribution >= 0.6 is 11.8 Å². The van der Waals surface area contributed by atoms with Gasteiger partial charge >= 0.3 is 0 Å². The lowest BCUT2D eigenvalue weighted by Gasteiger charge is -2.26. The number of phenolic OH excluding ortho intramolecular Hbond substituents is 1. The van der Waals surface area contributed by atoms with Crippen LogP contribution in [0.2, 0.25) is 0 Å². The summed E-state index contributed by atoms with van der Waals surface area (Å²) in [5.74, 6) is 2.78. The third-order valence-corrected chi connectivity index (χ3v) is 8.26. The summed E-state index contributed by atoms with van der Waals surface area (Å²) < 4.78 is 12.5. The fourth-order valence-corrected chi connectivity index (χ4v) is 5.76.